The molecule has 11 nitrogen and oxygen atoms in total. The van der Waals surface area contributed by atoms with Crippen molar-refractivity contribution in [3.63, 3.8) is 0 Å². The lowest BCUT2D eigenvalue weighted by Gasteiger charge is -2.33. The Bertz CT molecular complexity index is 1650. The molecule has 1 fully saturated rings. The Balaban J connectivity index is 1.29. The van der Waals surface area contributed by atoms with Crippen LogP contribution < -0.4 is 5.32 Å². The monoisotopic (exact) mass is 552 g/mol. The lowest BCUT2D eigenvalue weighted by molar-refractivity contribution is -0.140. The Morgan fingerprint density at radius 2 is 1.95 bits per heavy atom. The number of hydrazone groups is 1. The SMILES string of the molecule is O=C1N[C@@]2(CCS(=O)(=O)c3ccc(F)cc32)C(=O)N1CC(=O)N1N=C(/C=C/c2ccco2)C[C@@H]1c1ccco1. The number of halogens is 1. The highest BCUT2D eigenvalue weighted by Crippen LogP contribution is 2.42. The van der Waals surface area contributed by atoms with Gasteiger partial charge in [-0.2, -0.15) is 5.10 Å². The van der Waals surface area contributed by atoms with Crippen LogP contribution in [0.25, 0.3) is 6.08 Å². The van der Waals surface area contributed by atoms with Crippen LogP contribution in [0.2, 0.25) is 0 Å². The van der Waals surface area contributed by atoms with Gasteiger partial charge in [0.05, 0.1) is 28.9 Å². The van der Waals surface area contributed by atoms with E-state index in [9.17, 15) is 27.2 Å². The number of amides is 4. The number of imide groups is 1. The number of urea groups is 1. The first-order valence-corrected chi connectivity index (χ1v) is 13.6. The van der Waals surface area contributed by atoms with Gasteiger partial charge in [-0.25, -0.2) is 22.6 Å². The van der Waals surface area contributed by atoms with Crippen LogP contribution in [0.1, 0.15) is 36.0 Å². The lowest BCUT2D eigenvalue weighted by atomic mass is 9.86. The van der Waals surface area contributed by atoms with Crippen LogP contribution in [-0.4, -0.2) is 54.2 Å². The van der Waals surface area contributed by atoms with E-state index < -0.39 is 57.4 Å². The Morgan fingerprint density at radius 3 is 2.69 bits per heavy atom. The molecule has 3 aliphatic heterocycles. The number of nitrogens with one attached hydrogen (secondary N) is 1. The summed E-state index contributed by atoms with van der Waals surface area (Å²) >= 11 is 0. The van der Waals surface area contributed by atoms with Crippen LogP contribution in [0.4, 0.5) is 9.18 Å². The lowest BCUT2D eigenvalue weighted by Crippen LogP contribution is -2.49. The van der Waals surface area contributed by atoms with Crippen LogP contribution in [-0.2, 0) is 25.0 Å². The third kappa shape index (κ3) is 4.14. The third-order valence-electron chi connectivity index (χ3n) is 7.00. The summed E-state index contributed by atoms with van der Waals surface area (Å²) in [5.74, 6) is -1.64. The van der Waals surface area contributed by atoms with Gasteiger partial charge in [-0.1, -0.05) is 0 Å². The largest absolute Gasteiger partial charge is 0.467 e. The van der Waals surface area contributed by atoms with Crippen molar-refractivity contribution >= 4 is 39.5 Å². The van der Waals surface area contributed by atoms with Crippen molar-refractivity contribution in [2.75, 3.05) is 12.3 Å². The molecule has 1 aromatic carbocycles. The zero-order valence-corrected chi connectivity index (χ0v) is 21.1. The molecular weight excluding hydrogens is 531 g/mol. The molecule has 6 rings (SSSR count). The van der Waals surface area contributed by atoms with Crippen molar-refractivity contribution in [1.82, 2.24) is 15.2 Å². The standard InChI is InChI=1S/C26H21FN4O7S/c27-16-5-8-22-19(13-16)26(9-12-39(22,35)36)24(33)30(25(34)28-26)15-23(32)31-20(21-4-2-11-38-21)14-17(29-31)6-7-18-3-1-10-37-18/h1-8,10-11,13,20H,9,12,14-15H2,(H,28,34)/b7-6+/t20-,26-/m1/s1. The fourth-order valence-corrected chi connectivity index (χ4v) is 6.74. The Hall–Kier alpha value is -4.52. The summed E-state index contributed by atoms with van der Waals surface area (Å²) in [6.07, 6.45) is 6.39. The predicted octanol–water partition coefficient (Wildman–Crippen LogP) is 2.98. The van der Waals surface area contributed by atoms with Crippen molar-refractivity contribution < 1.29 is 36.0 Å². The number of rotatable bonds is 5. The Morgan fingerprint density at radius 1 is 1.15 bits per heavy atom. The van der Waals surface area contributed by atoms with Gasteiger partial charge >= 0.3 is 6.03 Å². The van der Waals surface area contributed by atoms with Crippen LogP contribution in [0, 0.1) is 5.82 Å². The molecule has 2 aromatic heterocycles. The van der Waals surface area contributed by atoms with E-state index in [1.54, 1.807) is 36.4 Å². The molecule has 1 saturated heterocycles. The van der Waals surface area contributed by atoms with Gasteiger partial charge in [0.2, 0.25) is 0 Å². The summed E-state index contributed by atoms with van der Waals surface area (Å²) < 4.78 is 50.1. The number of furan rings is 2. The maximum absolute atomic E-state index is 14.2. The zero-order valence-electron chi connectivity index (χ0n) is 20.2. The van der Waals surface area contributed by atoms with Crippen molar-refractivity contribution in [3.05, 3.63) is 84.0 Å². The molecule has 5 heterocycles. The average Bonchev–Trinajstić information content (AvgIpc) is 3.70. The second-order valence-corrected chi connectivity index (χ2v) is 11.4. The van der Waals surface area contributed by atoms with Crippen LogP contribution >= 0.6 is 0 Å². The highest BCUT2D eigenvalue weighted by atomic mass is 32.2. The number of fused-ring (bicyclic) bond motifs is 2. The van der Waals surface area contributed by atoms with Gasteiger partial charge in [0, 0.05) is 12.0 Å². The summed E-state index contributed by atoms with van der Waals surface area (Å²) in [6.45, 7) is -0.667. The minimum absolute atomic E-state index is 0.153. The van der Waals surface area contributed by atoms with Crippen molar-refractivity contribution in [1.29, 1.82) is 0 Å². The molecule has 3 aromatic rings. The molecular formula is C26H21FN4O7S. The van der Waals surface area contributed by atoms with Crippen LogP contribution in [0.15, 0.2) is 79.9 Å². The number of nitrogens with zero attached hydrogens (tertiary/aromatic N) is 3. The van der Waals surface area contributed by atoms with E-state index in [1.807, 2.05) is 0 Å². The minimum Gasteiger partial charge on any atom is -0.467 e. The molecule has 0 aliphatic carbocycles. The van der Waals surface area contributed by atoms with Crippen molar-refractivity contribution in [2.45, 2.75) is 29.3 Å². The highest BCUT2D eigenvalue weighted by molar-refractivity contribution is 7.91. The first-order valence-electron chi connectivity index (χ1n) is 12.0. The molecule has 200 valence electrons. The number of benzene rings is 1. The van der Waals surface area contributed by atoms with E-state index in [0.29, 0.717) is 28.6 Å². The summed E-state index contributed by atoms with van der Waals surface area (Å²) in [4.78, 5) is 40.5. The van der Waals surface area contributed by atoms with Crippen molar-refractivity contribution in [2.24, 2.45) is 5.10 Å². The number of allylic oxidation sites excluding steroid dienone is 1. The summed E-state index contributed by atoms with van der Waals surface area (Å²) in [6, 6.07) is 8.34. The number of carbonyl (C=O) groups excluding carboxylic acids is 3. The van der Waals surface area contributed by atoms with Crippen LogP contribution in [0.3, 0.4) is 0 Å². The maximum Gasteiger partial charge on any atom is 0.325 e. The molecule has 39 heavy (non-hydrogen) atoms. The molecule has 0 bridgehead atoms. The van der Waals surface area contributed by atoms with Gasteiger partial charge in [0.15, 0.2) is 9.84 Å². The third-order valence-corrected chi connectivity index (χ3v) is 8.76. The Labute approximate surface area is 221 Å². The van der Waals surface area contributed by atoms with E-state index in [1.165, 1.54) is 12.5 Å². The van der Waals surface area contributed by atoms with Gasteiger partial charge in [0.1, 0.15) is 35.5 Å². The summed E-state index contributed by atoms with van der Waals surface area (Å²) in [5.41, 5.74) is -1.41. The number of sulfone groups is 1. The van der Waals surface area contributed by atoms with Crippen molar-refractivity contribution in [3.8, 4) is 0 Å². The number of hydrogen-bond donors (Lipinski definition) is 1. The van der Waals surface area contributed by atoms with Gasteiger partial charge < -0.3 is 14.2 Å². The van der Waals surface area contributed by atoms with Gasteiger partial charge in [-0.05, 0) is 61.0 Å². The second kappa shape index (κ2) is 9.05. The molecule has 0 radical (unpaired) electrons. The topological polar surface area (TPSA) is 142 Å². The quantitative estimate of drug-likeness (QED) is 0.379. The molecule has 1 spiro atoms. The minimum atomic E-state index is -3.78. The molecule has 0 unspecified atom stereocenters. The predicted molar refractivity (Wildman–Crippen MR) is 133 cm³/mol. The van der Waals surface area contributed by atoms with Gasteiger partial charge in [-0.15, -0.1) is 0 Å². The second-order valence-electron chi connectivity index (χ2n) is 9.35. The van der Waals surface area contributed by atoms with Gasteiger partial charge in [-0.3, -0.25) is 14.5 Å². The maximum atomic E-state index is 14.2. The van der Waals surface area contributed by atoms with E-state index in [2.05, 4.69) is 10.4 Å². The first-order chi connectivity index (χ1) is 18.7. The Kier molecular flexibility index (Phi) is 5.75. The zero-order chi connectivity index (χ0) is 27.4. The van der Waals surface area contributed by atoms with E-state index in [-0.39, 0.29) is 16.9 Å². The fourth-order valence-electron chi connectivity index (χ4n) is 5.10. The molecule has 1 N–H and O–H groups in total. The highest BCUT2D eigenvalue weighted by Gasteiger charge is 2.57. The molecule has 3 aliphatic rings. The molecule has 13 heteroatoms. The normalized spacial score (nSPS) is 23.9. The first kappa shape index (κ1) is 24.8. The molecule has 2 atom stereocenters. The summed E-state index contributed by atoms with van der Waals surface area (Å²) in [5, 5.41) is 8.09. The average molecular weight is 553 g/mol. The van der Waals surface area contributed by atoms with E-state index in [4.69, 9.17) is 8.83 Å². The molecule has 0 saturated carbocycles. The molecule has 4 amide bonds. The number of hydrogen-bond acceptors (Lipinski definition) is 8. The van der Waals surface area contributed by atoms with Gasteiger partial charge in [0.25, 0.3) is 11.8 Å². The fraction of sp³-hybridized carbons (Fsp3) is 0.231. The smallest absolute Gasteiger partial charge is 0.325 e. The van der Waals surface area contributed by atoms with E-state index >= 15 is 0 Å². The van der Waals surface area contributed by atoms with E-state index in [0.717, 1.165) is 23.2 Å². The van der Waals surface area contributed by atoms with Crippen LogP contribution in [0.5, 0.6) is 0 Å². The summed E-state index contributed by atoms with van der Waals surface area (Å²) in [7, 11) is -3.78. The number of carbonyl (C=O) groups is 3.